The van der Waals surface area contributed by atoms with Crippen molar-refractivity contribution in [1.82, 2.24) is 0 Å². The highest BCUT2D eigenvalue weighted by Gasteiger charge is 2.28. The highest BCUT2D eigenvalue weighted by atomic mass is 16.6. The van der Waals surface area contributed by atoms with Crippen LogP contribution in [-0.2, 0) is 20.4 Å². The number of rotatable bonds is 5. The third-order valence-corrected chi connectivity index (χ3v) is 4.15. The Bertz CT molecular complexity index is 597. The molecule has 0 bridgehead atoms. The standard InChI is InChI=1S/C21H32O4/c1-10-18(22)25-14(3)13(2)24-15-11-16(20(4,5)6)19(23)17(12-15)21(7,8)9/h10-14,23H,1H2,2-9H3. The van der Waals surface area contributed by atoms with E-state index in [2.05, 4.69) is 48.1 Å². The first kappa shape index (κ1) is 21.1. The van der Waals surface area contributed by atoms with Crippen LogP contribution in [0.4, 0.5) is 0 Å². The van der Waals surface area contributed by atoms with Crippen LogP contribution in [0, 0.1) is 0 Å². The fourth-order valence-electron chi connectivity index (χ4n) is 2.46. The summed E-state index contributed by atoms with van der Waals surface area (Å²) in [6, 6.07) is 3.73. The van der Waals surface area contributed by atoms with Crippen LogP contribution in [0.1, 0.15) is 66.5 Å². The van der Waals surface area contributed by atoms with Crippen molar-refractivity contribution < 1.29 is 19.4 Å². The molecule has 0 saturated carbocycles. The Kier molecular flexibility index (Phi) is 6.33. The molecule has 2 unspecified atom stereocenters. The smallest absolute Gasteiger partial charge is 0.330 e. The second-order valence-electron chi connectivity index (χ2n) is 8.54. The van der Waals surface area contributed by atoms with Crippen molar-refractivity contribution in [2.45, 2.75) is 78.4 Å². The van der Waals surface area contributed by atoms with Crippen molar-refractivity contribution in [3.05, 3.63) is 35.9 Å². The highest BCUT2D eigenvalue weighted by molar-refractivity contribution is 5.81. The minimum absolute atomic E-state index is 0.229. The summed E-state index contributed by atoms with van der Waals surface area (Å²) < 4.78 is 11.2. The average molecular weight is 348 g/mol. The summed E-state index contributed by atoms with van der Waals surface area (Å²) in [7, 11) is 0. The van der Waals surface area contributed by atoms with Crippen molar-refractivity contribution in [2.24, 2.45) is 0 Å². The van der Waals surface area contributed by atoms with Crippen molar-refractivity contribution in [3.8, 4) is 11.5 Å². The van der Waals surface area contributed by atoms with Crippen molar-refractivity contribution >= 4 is 5.97 Å². The van der Waals surface area contributed by atoms with E-state index in [-0.39, 0.29) is 16.9 Å². The topological polar surface area (TPSA) is 55.8 Å². The van der Waals surface area contributed by atoms with Crippen LogP contribution >= 0.6 is 0 Å². The average Bonchev–Trinajstić information content (AvgIpc) is 2.46. The molecule has 1 aromatic carbocycles. The molecule has 0 aliphatic heterocycles. The van der Waals surface area contributed by atoms with E-state index < -0.39 is 12.1 Å². The summed E-state index contributed by atoms with van der Waals surface area (Å²) in [6.07, 6.45) is 0.378. The summed E-state index contributed by atoms with van der Waals surface area (Å²) in [5, 5.41) is 10.7. The molecule has 0 radical (unpaired) electrons. The van der Waals surface area contributed by atoms with Crippen LogP contribution in [0.5, 0.6) is 11.5 Å². The number of aromatic hydroxyl groups is 1. The maximum atomic E-state index is 11.4. The molecule has 140 valence electrons. The Hall–Kier alpha value is -1.97. The number of carbonyl (C=O) groups excluding carboxylic acids is 1. The van der Waals surface area contributed by atoms with E-state index in [1.54, 1.807) is 6.92 Å². The van der Waals surface area contributed by atoms with Crippen molar-refractivity contribution in [1.29, 1.82) is 0 Å². The van der Waals surface area contributed by atoms with Gasteiger partial charge in [0.2, 0.25) is 0 Å². The molecule has 1 aromatic rings. The second kappa shape index (κ2) is 7.51. The van der Waals surface area contributed by atoms with Gasteiger partial charge in [-0.2, -0.15) is 0 Å². The molecular formula is C21H32O4. The van der Waals surface area contributed by atoms with Gasteiger partial charge >= 0.3 is 5.97 Å². The van der Waals surface area contributed by atoms with Gasteiger partial charge in [0.25, 0.3) is 0 Å². The van der Waals surface area contributed by atoms with Gasteiger partial charge < -0.3 is 14.6 Å². The molecule has 0 amide bonds. The number of hydrogen-bond donors (Lipinski definition) is 1. The molecule has 4 nitrogen and oxygen atoms in total. The largest absolute Gasteiger partial charge is 0.507 e. The van der Waals surface area contributed by atoms with E-state index in [9.17, 15) is 9.90 Å². The lowest BCUT2D eigenvalue weighted by atomic mass is 9.79. The number of esters is 1. The summed E-state index contributed by atoms with van der Waals surface area (Å²) in [4.78, 5) is 11.4. The monoisotopic (exact) mass is 348 g/mol. The number of benzene rings is 1. The lowest BCUT2D eigenvalue weighted by Gasteiger charge is -2.29. The third-order valence-electron chi connectivity index (χ3n) is 4.15. The van der Waals surface area contributed by atoms with Crippen molar-refractivity contribution in [2.75, 3.05) is 0 Å². The van der Waals surface area contributed by atoms with Gasteiger partial charge in [0.05, 0.1) is 0 Å². The van der Waals surface area contributed by atoms with Gasteiger partial charge in [0.15, 0.2) is 0 Å². The first-order valence-corrected chi connectivity index (χ1v) is 8.65. The maximum Gasteiger partial charge on any atom is 0.330 e. The predicted octanol–water partition coefficient (Wildman–Crippen LogP) is 4.87. The first-order valence-electron chi connectivity index (χ1n) is 8.65. The van der Waals surface area contributed by atoms with E-state index in [4.69, 9.17) is 9.47 Å². The van der Waals surface area contributed by atoms with Gasteiger partial charge in [0.1, 0.15) is 23.7 Å². The molecule has 2 atom stereocenters. The van der Waals surface area contributed by atoms with Crippen LogP contribution in [-0.4, -0.2) is 23.3 Å². The maximum absolute atomic E-state index is 11.4. The molecule has 0 spiro atoms. The first-order chi connectivity index (χ1) is 11.3. The molecular weight excluding hydrogens is 316 g/mol. The Morgan fingerprint density at radius 3 is 1.84 bits per heavy atom. The Balaban J connectivity index is 3.23. The summed E-state index contributed by atoms with van der Waals surface area (Å²) in [5.74, 6) is 0.493. The Labute approximate surface area is 151 Å². The molecule has 4 heteroatoms. The number of phenols is 1. The van der Waals surface area contributed by atoms with Gasteiger partial charge in [-0.1, -0.05) is 48.1 Å². The predicted molar refractivity (Wildman–Crippen MR) is 101 cm³/mol. The summed E-state index contributed by atoms with van der Waals surface area (Å²) >= 11 is 0. The Morgan fingerprint density at radius 1 is 1.04 bits per heavy atom. The van der Waals surface area contributed by atoms with Crippen LogP contribution in [0.3, 0.4) is 0 Å². The number of carbonyl (C=O) groups is 1. The van der Waals surface area contributed by atoms with Crippen LogP contribution in [0.15, 0.2) is 24.8 Å². The number of hydrogen-bond acceptors (Lipinski definition) is 4. The van der Waals surface area contributed by atoms with Crippen LogP contribution in [0.2, 0.25) is 0 Å². The van der Waals surface area contributed by atoms with Gasteiger partial charge in [0, 0.05) is 17.2 Å². The Morgan fingerprint density at radius 2 is 1.48 bits per heavy atom. The summed E-state index contributed by atoms with van der Waals surface area (Å²) in [6.45, 7) is 19.3. The minimum atomic E-state index is -0.473. The molecule has 0 heterocycles. The lowest BCUT2D eigenvalue weighted by Crippen LogP contribution is -2.30. The quantitative estimate of drug-likeness (QED) is 0.609. The fraction of sp³-hybridized carbons (Fsp3) is 0.571. The van der Waals surface area contributed by atoms with Crippen molar-refractivity contribution in [3.63, 3.8) is 0 Å². The van der Waals surface area contributed by atoms with E-state index in [1.807, 2.05) is 19.1 Å². The van der Waals surface area contributed by atoms with Gasteiger partial charge in [-0.05, 0) is 36.8 Å². The van der Waals surface area contributed by atoms with Crippen LogP contribution in [0.25, 0.3) is 0 Å². The molecule has 1 rings (SSSR count). The van der Waals surface area contributed by atoms with E-state index in [0.717, 1.165) is 17.2 Å². The van der Waals surface area contributed by atoms with E-state index >= 15 is 0 Å². The SMILES string of the molecule is C=CC(=O)OC(C)C(C)Oc1cc(C(C)(C)C)c(O)c(C(C)(C)C)c1. The van der Waals surface area contributed by atoms with Gasteiger partial charge in [-0.25, -0.2) is 4.79 Å². The third kappa shape index (κ3) is 5.52. The van der Waals surface area contributed by atoms with Crippen LogP contribution < -0.4 is 4.74 Å². The highest BCUT2D eigenvalue weighted by Crippen LogP contribution is 2.41. The molecule has 0 aliphatic rings. The summed E-state index contributed by atoms with van der Waals surface area (Å²) in [5.41, 5.74) is 1.21. The fourth-order valence-corrected chi connectivity index (χ4v) is 2.46. The molecule has 25 heavy (non-hydrogen) atoms. The normalized spacial score (nSPS) is 14.6. The zero-order valence-corrected chi connectivity index (χ0v) is 16.8. The molecule has 0 aliphatic carbocycles. The molecule has 0 fully saturated rings. The van der Waals surface area contributed by atoms with Gasteiger partial charge in [-0.15, -0.1) is 0 Å². The zero-order valence-electron chi connectivity index (χ0n) is 16.8. The molecule has 0 aromatic heterocycles. The van der Waals surface area contributed by atoms with E-state index in [1.165, 1.54) is 0 Å². The molecule has 1 N–H and O–H groups in total. The second-order valence-corrected chi connectivity index (χ2v) is 8.54. The molecule has 0 saturated heterocycles. The number of phenolic OH excluding ortho intramolecular Hbond substituents is 1. The zero-order chi connectivity index (χ0) is 19.6. The minimum Gasteiger partial charge on any atom is -0.507 e. The lowest BCUT2D eigenvalue weighted by molar-refractivity contribution is -0.146. The van der Waals surface area contributed by atoms with Gasteiger partial charge in [-0.3, -0.25) is 0 Å². The van der Waals surface area contributed by atoms with E-state index in [0.29, 0.717) is 11.5 Å². The number of ether oxygens (including phenoxy) is 2.